The quantitative estimate of drug-likeness (QED) is 0.195. The summed E-state index contributed by atoms with van der Waals surface area (Å²) in [5.41, 5.74) is 5.17. The van der Waals surface area contributed by atoms with Gasteiger partial charge in [-0.2, -0.15) is 0 Å². The molecule has 0 saturated carbocycles. The van der Waals surface area contributed by atoms with Crippen LogP contribution in [0.15, 0.2) is 24.3 Å². The van der Waals surface area contributed by atoms with E-state index in [1.165, 1.54) is 0 Å². The van der Waals surface area contributed by atoms with Gasteiger partial charge in [0.15, 0.2) is 0 Å². The van der Waals surface area contributed by atoms with E-state index >= 15 is 0 Å². The fraction of sp³-hybridized carbons (Fsp3) is 0.632. The van der Waals surface area contributed by atoms with Crippen LogP contribution in [-0.4, -0.2) is 35.1 Å². The number of aromatic hydroxyl groups is 2. The Morgan fingerprint density at radius 2 is 0.773 bits per heavy atom. The Hall–Kier alpha value is -3.02. The maximum Gasteiger partial charge on any atom is 0.220 e. The van der Waals surface area contributed by atoms with E-state index in [1.807, 2.05) is 0 Å². The first-order chi connectivity index (χ1) is 20.0. The van der Waals surface area contributed by atoms with Crippen LogP contribution in [0.25, 0.3) is 0 Å². The lowest BCUT2D eigenvalue weighted by atomic mass is 9.78. The molecule has 2 aromatic carbocycles. The first-order valence-electron chi connectivity index (χ1n) is 16.3. The molecule has 2 amide bonds. The molecule has 0 aliphatic carbocycles. The van der Waals surface area contributed by atoms with Gasteiger partial charge in [0.2, 0.25) is 11.8 Å². The molecule has 0 bridgehead atoms. The molecule has 2 rings (SSSR count). The second-order valence-corrected chi connectivity index (χ2v) is 16.5. The molecule has 0 unspecified atom stereocenters. The predicted octanol–water partition coefficient (Wildman–Crippen LogP) is 7.87. The van der Waals surface area contributed by atoms with E-state index in [0.717, 1.165) is 33.4 Å². The Kier molecular flexibility index (Phi) is 12.2. The summed E-state index contributed by atoms with van der Waals surface area (Å²) in [7, 11) is 0. The number of nitrogens with one attached hydrogen (secondary N) is 2. The van der Waals surface area contributed by atoms with Crippen LogP contribution in [0, 0.1) is 0 Å². The third kappa shape index (κ3) is 10.9. The van der Waals surface area contributed by atoms with E-state index in [0.29, 0.717) is 63.1 Å². The Labute approximate surface area is 267 Å². The van der Waals surface area contributed by atoms with Gasteiger partial charge in [-0.25, -0.2) is 0 Å². The largest absolute Gasteiger partial charge is 0.507 e. The summed E-state index contributed by atoms with van der Waals surface area (Å²) in [4.78, 5) is 24.9. The van der Waals surface area contributed by atoms with E-state index in [4.69, 9.17) is 0 Å². The lowest BCUT2D eigenvalue weighted by molar-refractivity contribution is -0.123. The third-order valence-corrected chi connectivity index (χ3v) is 8.10. The summed E-state index contributed by atoms with van der Waals surface area (Å²) in [6.07, 6.45) is 3.47. The number of carbonyl (C=O) groups excluding carboxylic acids is 2. The highest BCUT2D eigenvalue weighted by Crippen LogP contribution is 2.41. The first-order valence-corrected chi connectivity index (χ1v) is 16.3. The molecule has 0 aliphatic rings. The summed E-state index contributed by atoms with van der Waals surface area (Å²) in [6.45, 7) is 26.2. The summed E-state index contributed by atoms with van der Waals surface area (Å²) in [5.74, 6) is 0.721. The Morgan fingerprint density at radius 3 is 1.00 bits per heavy atom. The number of amides is 2. The van der Waals surface area contributed by atoms with Gasteiger partial charge in [-0.3, -0.25) is 9.59 Å². The summed E-state index contributed by atoms with van der Waals surface area (Å²) in [5, 5.41) is 27.9. The van der Waals surface area contributed by atoms with Gasteiger partial charge in [0, 0.05) is 25.9 Å². The van der Waals surface area contributed by atoms with Crippen molar-refractivity contribution in [2.45, 2.75) is 143 Å². The normalized spacial score (nSPS) is 12.7. The molecule has 0 atom stereocenters. The number of hydrogen-bond acceptors (Lipinski definition) is 4. The fourth-order valence-corrected chi connectivity index (χ4v) is 5.40. The summed E-state index contributed by atoms with van der Waals surface area (Å²) in [6, 6.07) is 8.24. The molecule has 4 N–H and O–H groups in total. The van der Waals surface area contributed by atoms with Crippen LogP contribution >= 0.6 is 0 Å². The van der Waals surface area contributed by atoms with Crippen LogP contribution in [0.4, 0.5) is 0 Å². The van der Waals surface area contributed by atoms with Crippen LogP contribution in [0.2, 0.25) is 0 Å². The van der Waals surface area contributed by atoms with Crippen molar-refractivity contribution in [1.82, 2.24) is 10.6 Å². The lowest BCUT2D eigenvalue weighted by Gasteiger charge is -2.28. The van der Waals surface area contributed by atoms with Gasteiger partial charge in [-0.05, 0) is 80.7 Å². The average Bonchev–Trinajstić information content (AvgIpc) is 2.85. The standard InChI is InChI=1S/C38H60N2O4/c1-35(2,3)27-21-25(22-28(33(27)43)36(4,5)6)17-19-39-31(41)15-13-14-16-32(42)40-20-18-26-23-29(37(7,8)9)34(44)30(24-26)38(10,11)12/h21-24,43-44H,13-20H2,1-12H3,(H,39,41)(H,40,42). The van der Waals surface area contributed by atoms with Crippen LogP contribution < -0.4 is 10.6 Å². The number of phenols is 2. The Bertz CT molecular complexity index is 1130. The number of phenolic OH excluding ortho intramolecular Hbond substituents is 2. The number of hydrogen-bond donors (Lipinski definition) is 4. The van der Waals surface area contributed by atoms with Gasteiger partial charge >= 0.3 is 0 Å². The van der Waals surface area contributed by atoms with Gasteiger partial charge in [0.1, 0.15) is 11.5 Å². The van der Waals surface area contributed by atoms with Crippen LogP contribution in [0.3, 0.4) is 0 Å². The van der Waals surface area contributed by atoms with Gasteiger partial charge in [0.25, 0.3) is 0 Å². The molecule has 0 heterocycles. The molecule has 0 aliphatic heterocycles. The SMILES string of the molecule is CC(C)(C)c1cc(CCNC(=O)CCCCC(=O)NCCc2cc(C(C)(C)C)c(O)c(C(C)(C)C)c2)cc(C(C)(C)C)c1O. The summed E-state index contributed by atoms with van der Waals surface area (Å²) >= 11 is 0. The molecule has 0 aromatic heterocycles. The highest BCUT2D eigenvalue weighted by Gasteiger charge is 2.27. The monoisotopic (exact) mass is 608 g/mol. The van der Waals surface area contributed by atoms with E-state index in [1.54, 1.807) is 0 Å². The van der Waals surface area contributed by atoms with E-state index in [-0.39, 0.29) is 33.5 Å². The summed E-state index contributed by atoms with van der Waals surface area (Å²) < 4.78 is 0. The Balaban J connectivity index is 1.80. The van der Waals surface area contributed by atoms with Crippen molar-refractivity contribution in [3.05, 3.63) is 57.6 Å². The molecule has 246 valence electrons. The molecule has 6 heteroatoms. The van der Waals surface area contributed by atoms with Crippen molar-refractivity contribution < 1.29 is 19.8 Å². The lowest BCUT2D eigenvalue weighted by Crippen LogP contribution is -2.27. The van der Waals surface area contributed by atoms with Gasteiger partial charge in [0.05, 0.1) is 0 Å². The zero-order valence-electron chi connectivity index (χ0n) is 29.7. The van der Waals surface area contributed by atoms with Gasteiger partial charge < -0.3 is 20.8 Å². The van der Waals surface area contributed by atoms with Crippen molar-refractivity contribution in [3.63, 3.8) is 0 Å². The van der Waals surface area contributed by atoms with E-state index in [9.17, 15) is 19.8 Å². The smallest absolute Gasteiger partial charge is 0.220 e. The highest BCUT2D eigenvalue weighted by molar-refractivity contribution is 5.77. The van der Waals surface area contributed by atoms with Crippen molar-refractivity contribution >= 4 is 11.8 Å². The van der Waals surface area contributed by atoms with Crippen LogP contribution in [0.1, 0.15) is 142 Å². The molecule has 0 radical (unpaired) electrons. The van der Waals surface area contributed by atoms with Gasteiger partial charge in [-0.15, -0.1) is 0 Å². The molecular formula is C38H60N2O4. The zero-order valence-corrected chi connectivity index (χ0v) is 29.7. The number of rotatable bonds is 11. The molecule has 0 saturated heterocycles. The predicted molar refractivity (Wildman–Crippen MR) is 183 cm³/mol. The average molecular weight is 609 g/mol. The van der Waals surface area contributed by atoms with Crippen LogP contribution in [-0.2, 0) is 44.1 Å². The second kappa shape index (κ2) is 14.4. The minimum atomic E-state index is -0.188. The first kappa shape index (κ1) is 37.2. The number of carbonyl (C=O) groups is 2. The highest BCUT2D eigenvalue weighted by atomic mass is 16.3. The second-order valence-electron chi connectivity index (χ2n) is 16.5. The molecule has 0 spiro atoms. The number of unbranched alkanes of at least 4 members (excludes halogenated alkanes) is 1. The molecule has 6 nitrogen and oxygen atoms in total. The van der Waals surface area contributed by atoms with Crippen molar-refractivity contribution in [3.8, 4) is 11.5 Å². The van der Waals surface area contributed by atoms with Crippen LogP contribution in [0.5, 0.6) is 11.5 Å². The van der Waals surface area contributed by atoms with E-state index in [2.05, 4.69) is 118 Å². The molecular weight excluding hydrogens is 548 g/mol. The molecule has 44 heavy (non-hydrogen) atoms. The fourth-order valence-electron chi connectivity index (χ4n) is 5.40. The van der Waals surface area contributed by atoms with Crippen molar-refractivity contribution in [2.24, 2.45) is 0 Å². The maximum atomic E-state index is 12.5. The molecule has 2 aromatic rings. The van der Waals surface area contributed by atoms with E-state index < -0.39 is 0 Å². The number of benzene rings is 2. The van der Waals surface area contributed by atoms with Crippen molar-refractivity contribution in [2.75, 3.05) is 13.1 Å². The Morgan fingerprint density at radius 1 is 0.523 bits per heavy atom. The minimum Gasteiger partial charge on any atom is -0.507 e. The third-order valence-electron chi connectivity index (χ3n) is 8.10. The minimum absolute atomic E-state index is 0.00656. The molecule has 0 fully saturated rings. The zero-order chi connectivity index (χ0) is 33.7. The van der Waals surface area contributed by atoms with Gasteiger partial charge in [-0.1, -0.05) is 107 Å². The van der Waals surface area contributed by atoms with Crippen molar-refractivity contribution in [1.29, 1.82) is 0 Å². The topological polar surface area (TPSA) is 98.7 Å². The maximum absolute atomic E-state index is 12.5.